The molecule has 0 aliphatic carbocycles. The second kappa shape index (κ2) is 3.73. The van der Waals surface area contributed by atoms with Crippen LogP contribution in [0.25, 0.3) is 10.9 Å². The van der Waals surface area contributed by atoms with E-state index < -0.39 is 0 Å². The van der Waals surface area contributed by atoms with Crippen LogP contribution in [0.2, 0.25) is 0 Å². The number of halogens is 1. The molecule has 0 spiro atoms. The molecule has 0 radical (unpaired) electrons. The van der Waals surface area contributed by atoms with Gasteiger partial charge >= 0.3 is 0 Å². The van der Waals surface area contributed by atoms with Crippen molar-refractivity contribution in [3.63, 3.8) is 0 Å². The molecule has 0 saturated carbocycles. The average molecular weight is 299 g/mol. The van der Waals surface area contributed by atoms with Gasteiger partial charge in [-0.3, -0.25) is 4.98 Å². The lowest BCUT2D eigenvalue weighted by atomic mass is 10.2. The van der Waals surface area contributed by atoms with Crippen LogP contribution in [0.3, 0.4) is 0 Å². The van der Waals surface area contributed by atoms with Gasteiger partial charge < -0.3 is 4.74 Å². The number of fused-ring (bicyclic) bond motifs is 1. The fourth-order valence-corrected chi connectivity index (χ4v) is 1.95. The molecule has 0 N–H and O–H groups in total. The molecular weight excluding hydrogens is 289 g/mol. The molecule has 1 aromatic carbocycles. The number of nitrogens with zero attached hydrogens (tertiary/aromatic N) is 1. The van der Waals surface area contributed by atoms with Crippen LogP contribution < -0.4 is 4.74 Å². The van der Waals surface area contributed by atoms with Crippen molar-refractivity contribution in [2.45, 2.75) is 6.92 Å². The number of pyridine rings is 1. The summed E-state index contributed by atoms with van der Waals surface area (Å²) in [6, 6.07) is 8.11. The van der Waals surface area contributed by atoms with E-state index in [1.54, 1.807) is 7.11 Å². The van der Waals surface area contributed by atoms with E-state index in [2.05, 4.69) is 39.7 Å². The zero-order valence-electron chi connectivity index (χ0n) is 8.04. The van der Waals surface area contributed by atoms with Crippen molar-refractivity contribution in [1.29, 1.82) is 0 Å². The van der Waals surface area contributed by atoms with Crippen molar-refractivity contribution < 1.29 is 4.74 Å². The molecule has 0 fully saturated rings. The highest BCUT2D eigenvalue weighted by Gasteiger charge is 2.04. The van der Waals surface area contributed by atoms with Gasteiger partial charge in [-0.05, 0) is 47.7 Å². The maximum atomic E-state index is 5.32. The van der Waals surface area contributed by atoms with E-state index in [9.17, 15) is 0 Å². The number of benzene rings is 1. The highest BCUT2D eigenvalue weighted by molar-refractivity contribution is 14.1. The Bertz CT molecular complexity index is 482. The van der Waals surface area contributed by atoms with Gasteiger partial charge in [0.05, 0.1) is 12.6 Å². The second-order valence-electron chi connectivity index (χ2n) is 3.13. The number of aromatic nitrogens is 1. The molecule has 0 bridgehead atoms. The monoisotopic (exact) mass is 299 g/mol. The van der Waals surface area contributed by atoms with E-state index in [-0.39, 0.29) is 0 Å². The Labute approximate surface area is 96.4 Å². The Hall–Kier alpha value is -0.840. The van der Waals surface area contributed by atoms with Gasteiger partial charge in [0.15, 0.2) is 0 Å². The summed E-state index contributed by atoms with van der Waals surface area (Å²) in [5.74, 6) is 0.894. The number of hydrogen-bond donors (Lipinski definition) is 0. The first-order valence-corrected chi connectivity index (χ1v) is 5.39. The molecule has 2 aromatic rings. The van der Waals surface area contributed by atoms with Gasteiger partial charge in [-0.2, -0.15) is 0 Å². The van der Waals surface area contributed by atoms with Crippen LogP contribution >= 0.6 is 22.6 Å². The summed E-state index contributed by atoms with van der Waals surface area (Å²) in [6.07, 6.45) is 0. The van der Waals surface area contributed by atoms with Gasteiger partial charge in [0, 0.05) is 20.7 Å². The van der Waals surface area contributed by atoms with Gasteiger partial charge in [0.2, 0.25) is 0 Å². The fraction of sp³-hybridized carbons (Fsp3) is 0.182. The van der Waals surface area contributed by atoms with Crippen LogP contribution in [0.4, 0.5) is 0 Å². The summed E-state index contributed by atoms with van der Waals surface area (Å²) in [6.45, 7) is 1.97. The average Bonchev–Trinajstić information content (AvgIpc) is 2.17. The Kier molecular flexibility index (Phi) is 2.58. The van der Waals surface area contributed by atoms with Crippen LogP contribution in [0.1, 0.15) is 5.69 Å². The minimum atomic E-state index is 0.894. The lowest BCUT2D eigenvalue weighted by Gasteiger charge is -2.06. The second-order valence-corrected chi connectivity index (χ2v) is 4.37. The number of methoxy groups -OCH3 is 1. The third-order valence-electron chi connectivity index (χ3n) is 2.08. The van der Waals surface area contributed by atoms with Crippen molar-refractivity contribution in [1.82, 2.24) is 4.98 Å². The summed E-state index contributed by atoms with van der Waals surface area (Å²) in [5, 5.41) is 1.07. The normalized spacial score (nSPS) is 10.5. The molecule has 0 amide bonds. The first kappa shape index (κ1) is 9.71. The van der Waals surface area contributed by atoms with Crippen molar-refractivity contribution in [2.75, 3.05) is 7.11 Å². The molecule has 3 heteroatoms. The van der Waals surface area contributed by atoms with Crippen LogP contribution in [0.15, 0.2) is 24.3 Å². The zero-order valence-corrected chi connectivity index (χ0v) is 10.2. The quantitative estimate of drug-likeness (QED) is 0.755. The largest absolute Gasteiger partial charge is 0.496 e. The fourth-order valence-electron chi connectivity index (χ4n) is 1.46. The molecule has 0 aliphatic heterocycles. The Morgan fingerprint density at radius 3 is 2.79 bits per heavy atom. The van der Waals surface area contributed by atoms with Crippen LogP contribution in [-0.4, -0.2) is 12.1 Å². The van der Waals surface area contributed by atoms with E-state index in [1.807, 2.05) is 19.1 Å². The highest BCUT2D eigenvalue weighted by Crippen LogP contribution is 2.26. The smallest absolute Gasteiger partial charge is 0.130 e. The van der Waals surface area contributed by atoms with E-state index >= 15 is 0 Å². The number of rotatable bonds is 1. The van der Waals surface area contributed by atoms with Gasteiger partial charge in [0.25, 0.3) is 0 Å². The molecule has 72 valence electrons. The molecule has 2 rings (SSSR count). The molecule has 1 aromatic heterocycles. The van der Waals surface area contributed by atoms with Gasteiger partial charge in [-0.15, -0.1) is 0 Å². The molecule has 1 heterocycles. The summed E-state index contributed by atoms with van der Waals surface area (Å²) >= 11 is 2.29. The Balaban J connectivity index is 2.81. The van der Waals surface area contributed by atoms with E-state index in [4.69, 9.17) is 4.74 Å². The summed E-state index contributed by atoms with van der Waals surface area (Å²) < 4.78 is 6.51. The molecule has 2 nitrogen and oxygen atoms in total. The maximum Gasteiger partial charge on any atom is 0.130 e. The lowest BCUT2D eigenvalue weighted by Crippen LogP contribution is -1.90. The minimum absolute atomic E-state index is 0.894. The van der Waals surface area contributed by atoms with Crippen LogP contribution in [0.5, 0.6) is 5.75 Å². The Morgan fingerprint density at radius 1 is 1.29 bits per heavy atom. The van der Waals surface area contributed by atoms with E-state index in [0.29, 0.717) is 0 Å². The number of hydrogen-bond acceptors (Lipinski definition) is 2. The van der Waals surface area contributed by atoms with Gasteiger partial charge in [0.1, 0.15) is 5.75 Å². The predicted octanol–water partition coefficient (Wildman–Crippen LogP) is 3.16. The SMILES string of the molecule is COc1cc(C)nc2ccc(I)cc12. The van der Waals surface area contributed by atoms with Gasteiger partial charge in [-0.25, -0.2) is 0 Å². The zero-order chi connectivity index (χ0) is 10.1. The van der Waals surface area contributed by atoms with Crippen molar-refractivity contribution in [2.24, 2.45) is 0 Å². The number of aryl methyl sites for hydroxylation is 1. The van der Waals surface area contributed by atoms with Crippen molar-refractivity contribution >= 4 is 33.5 Å². The number of ether oxygens (including phenoxy) is 1. The topological polar surface area (TPSA) is 22.1 Å². The summed E-state index contributed by atoms with van der Waals surface area (Å²) in [5.41, 5.74) is 1.97. The lowest BCUT2D eigenvalue weighted by molar-refractivity contribution is 0.419. The Morgan fingerprint density at radius 2 is 2.07 bits per heavy atom. The summed E-state index contributed by atoms with van der Waals surface area (Å²) in [7, 11) is 1.69. The first-order valence-electron chi connectivity index (χ1n) is 4.31. The maximum absolute atomic E-state index is 5.32. The van der Waals surface area contributed by atoms with Crippen LogP contribution in [-0.2, 0) is 0 Å². The third kappa shape index (κ3) is 1.68. The molecule has 0 saturated heterocycles. The first-order chi connectivity index (χ1) is 6.70. The standard InChI is InChI=1S/C11H10INO/c1-7-5-11(14-2)9-6-8(12)3-4-10(9)13-7/h3-6H,1-2H3. The van der Waals surface area contributed by atoms with Crippen LogP contribution in [0, 0.1) is 10.5 Å². The van der Waals surface area contributed by atoms with Gasteiger partial charge in [-0.1, -0.05) is 0 Å². The highest BCUT2D eigenvalue weighted by atomic mass is 127. The molecule has 0 atom stereocenters. The van der Waals surface area contributed by atoms with Crippen molar-refractivity contribution in [3.05, 3.63) is 33.5 Å². The van der Waals surface area contributed by atoms with Crippen molar-refractivity contribution in [3.8, 4) is 5.75 Å². The third-order valence-corrected chi connectivity index (χ3v) is 2.75. The molecule has 0 aliphatic rings. The van der Waals surface area contributed by atoms with E-state index in [1.165, 1.54) is 3.57 Å². The minimum Gasteiger partial charge on any atom is -0.496 e. The predicted molar refractivity (Wildman–Crippen MR) is 65.7 cm³/mol. The molecular formula is C11H10INO. The molecule has 14 heavy (non-hydrogen) atoms. The summed E-state index contributed by atoms with van der Waals surface area (Å²) in [4.78, 5) is 4.44. The van der Waals surface area contributed by atoms with E-state index in [0.717, 1.165) is 22.3 Å². The molecule has 0 unspecified atom stereocenters.